The molecule has 0 aliphatic rings. The highest BCUT2D eigenvalue weighted by molar-refractivity contribution is 14.1. The topological polar surface area (TPSA) is 79.5 Å². The highest BCUT2D eigenvalue weighted by Gasteiger charge is 2.14. The van der Waals surface area contributed by atoms with E-state index >= 15 is 0 Å². The van der Waals surface area contributed by atoms with Crippen LogP contribution in [0.15, 0.2) is 53.9 Å². The number of benzene rings is 2. The number of anilines is 2. The van der Waals surface area contributed by atoms with Crippen LogP contribution in [0.5, 0.6) is 5.75 Å². The van der Waals surface area contributed by atoms with Crippen LogP contribution in [-0.2, 0) is 0 Å². The predicted molar refractivity (Wildman–Crippen MR) is 133 cm³/mol. The lowest BCUT2D eigenvalue weighted by molar-refractivity contribution is 0.0976. The summed E-state index contributed by atoms with van der Waals surface area (Å²) in [6.07, 6.45) is 0. The van der Waals surface area contributed by atoms with Crippen molar-refractivity contribution in [2.75, 3.05) is 17.7 Å². The van der Waals surface area contributed by atoms with E-state index in [9.17, 15) is 9.59 Å². The number of rotatable bonds is 5. The van der Waals surface area contributed by atoms with Gasteiger partial charge in [-0.2, -0.15) is 0 Å². The normalized spacial score (nSPS) is 10.2. The van der Waals surface area contributed by atoms with E-state index in [1.54, 1.807) is 42.5 Å². The van der Waals surface area contributed by atoms with Crippen molar-refractivity contribution in [2.45, 2.75) is 0 Å². The maximum absolute atomic E-state index is 12.4. The van der Waals surface area contributed by atoms with Gasteiger partial charge in [0.25, 0.3) is 11.8 Å². The molecule has 0 saturated heterocycles. The molecule has 10 heteroatoms. The Morgan fingerprint density at radius 1 is 1.10 bits per heavy atom. The summed E-state index contributed by atoms with van der Waals surface area (Å²) >= 11 is 14.8. The van der Waals surface area contributed by atoms with E-state index in [1.165, 1.54) is 18.4 Å². The highest BCUT2D eigenvalue weighted by Crippen LogP contribution is 2.29. The van der Waals surface area contributed by atoms with Crippen molar-refractivity contribution >= 4 is 86.0 Å². The maximum Gasteiger partial charge on any atom is 0.265 e. The number of thiocarbonyl (C=S) groups is 1. The molecule has 3 rings (SSSR count). The number of carbonyl (C=O) groups is 2. The van der Waals surface area contributed by atoms with Crippen LogP contribution in [0.4, 0.5) is 11.4 Å². The lowest BCUT2D eigenvalue weighted by Gasteiger charge is -2.14. The molecule has 0 aliphatic heterocycles. The van der Waals surface area contributed by atoms with Crippen molar-refractivity contribution in [3.8, 4) is 5.75 Å². The fourth-order valence-corrected chi connectivity index (χ4v) is 3.99. The fraction of sp³-hybridized carbons (Fsp3) is 0.0500. The van der Waals surface area contributed by atoms with Gasteiger partial charge in [0, 0.05) is 15.3 Å². The molecule has 2 aromatic carbocycles. The number of ether oxygens (including phenoxy) is 1. The molecule has 3 N–H and O–H groups in total. The second-order valence-electron chi connectivity index (χ2n) is 5.88. The van der Waals surface area contributed by atoms with E-state index < -0.39 is 5.91 Å². The summed E-state index contributed by atoms with van der Waals surface area (Å²) in [6, 6.07) is 13.8. The smallest absolute Gasteiger partial charge is 0.265 e. The summed E-state index contributed by atoms with van der Waals surface area (Å²) in [5.74, 6) is -0.191. The Labute approximate surface area is 201 Å². The van der Waals surface area contributed by atoms with Crippen LogP contribution in [0.1, 0.15) is 20.0 Å². The van der Waals surface area contributed by atoms with Gasteiger partial charge in [-0.15, -0.1) is 11.3 Å². The minimum absolute atomic E-state index is 0.104. The number of carbonyl (C=O) groups excluding carboxylic acids is 2. The second kappa shape index (κ2) is 10.2. The lowest BCUT2D eigenvalue weighted by atomic mass is 10.2. The Hall–Kier alpha value is -2.21. The van der Waals surface area contributed by atoms with Crippen LogP contribution in [-0.4, -0.2) is 24.0 Å². The van der Waals surface area contributed by atoms with E-state index in [4.69, 9.17) is 28.6 Å². The second-order valence-corrected chi connectivity index (χ2v) is 8.89. The first kappa shape index (κ1) is 22.5. The summed E-state index contributed by atoms with van der Waals surface area (Å²) in [4.78, 5) is 25.3. The number of amides is 2. The third kappa shape index (κ3) is 5.69. The molecule has 3 aromatic rings. The average molecular weight is 572 g/mol. The Balaban J connectivity index is 1.67. The standard InChI is InChI=1S/C20H15ClIN3O3S2/c1-28-16-10-12(5-7-15(16)24-19(27)17-3-2-8-30-17)23-20(29)25-18(26)13-9-11(22)4-6-14(13)21/h2-10H,1H3,(H,24,27)(H2,23,25,26,29). The zero-order valence-corrected chi connectivity index (χ0v) is 20.0. The molecular weight excluding hydrogens is 557 g/mol. The number of thiophene rings is 1. The molecule has 0 atom stereocenters. The van der Waals surface area contributed by atoms with Gasteiger partial charge < -0.3 is 15.4 Å². The number of nitrogens with one attached hydrogen (secondary N) is 3. The Morgan fingerprint density at radius 2 is 1.90 bits per heavy atom. The van der Waals surface area contributed by atoms with Crippen LogP contribution in [0.2, 0.25) is 5.02 Å². The first-order valence-electron chi connectivity index (χ1n) is 8.47. The van der Waals surface area contributed by atoms with Crippen LogP contribution in [0, 0.1) is 3.57 Å². The van der Waals surface area contributed by atoms with Crippen molar-refractivity contribution in [1.29, 1.82) is 0 Å². The van der Waals surface area contributed by atoms with E-state index in [1.807, 2.05) is 11.4 Å². The largest absolute Gasteiger partial charge is 0.494 e. The minimum Gasteiger partial charge on any atom is -0.494 e. The zero-order valence-electron chi connectivity index (χ0n) is 15.5. The molecule has 1 aromatic heterocycles. The summed E-state index contributed by atoms with van der Waals surface area (Å²) < 4.78 is 6.25. The number of halogens is 2. The van der Waals surface area contributed by atoms with Crippen molar-refractivity contribution in [3.63, 3.8) is 0 Å². The summed E-state index contributed by atoms with van der Waals surface area (Å²) in [5.41, 5.74) is 1.43. The van der Waals surface area contributed by atoms with Gasteiger partial charge in [0.05, 0.1) is 28.3 Å². The summed E-state index contributed by atoms with van der Waals surface area (Å²) in [7, 11) is 1.50. The van der Waals surface area contributed by atoms with E-state index in [2.05, 4.69) is 38.5 Å². The van der Waals surface area contributed by atoms with Gasteiger partial charge in [-0.25, -0.2) is 0 Å². The summed E-state index contributed by atoms with van der Waals surface area (Å²) in [5, 5.41) is 10.6. The van der Waals surface area contributed by atoms with Crippen LogP contribution >= 0.6 is 57.7 Å². The first-order chi connectivity index (χ1) is 14.4. The number of methoxy groups -OCH3 is 1. The molecule has 0 saturated carbocycles. The molecule has 0 unspecified atom stereocenters. The van der Waals surface area contributed by atoms with Crippen LogP contribution < -0.4 is 20.7 Å². The average Bonchev–Trinajstić information content (AvgIpc) is 3.25. The molecule has 0 spiro atoms. The molecule has 30 heavy (non-hydrogen) atoms. The lowest BCUT2D eigenvalue weighted by Crippen LogP contribution is -2.34. The monoisotopic (exact) mass is 571 g/mol. The van der Waals surface area contributed by atoms with Gasteiger partial charge in [-0.05, 0) is 76.6 Å². The third-order valence-electron chi connectivity index (χ3n) is 3.85. The fourth-order valence-electron chi connectivity index (χ4n) is 2.47. The molecule has 0 radical (unpaired) electrons. The molecule has 0 bridgehead atoms. The Morgan fingerprint density at radius 3 is 2.60 bits per heavy atom. The maximum atomic E-state index is 12.4. The minimum atomic E-state index is -0.414. The highest BCUT2D eigenvalue weighted by atomic mass is 127. The molecule has 2 amide bonds. The van der Waals surface area contributed by atoms with Crippen molar-refractivity contribution < 1.29 is 14.3 Å². The molecule has 1 heterocycles. The van der Waals surface area contributed by atoms with Crippen molar-refractivity contribution in [1.82, 2.24) is 5.32 Å². The van der Waals surface area contributed by atoms with E-state index in [-0.39, 0.29) is 11.0 Å². The van der Waals surface area contributed by atoms with Crippen molar-refractivity contribution in [3.05, 3.63) is 72.9 Å². The van der Waals surface area contributed by atoms with E-state index in [0.717, 1.165) is 3.57 Å². The Bertz CT molecular complexity index is 1110. The zero-order chi connectivity index (χ0) is 21.7. The quantitative estimate of drug-likeness (QED) is 0.283. The van der Waals surface area contributed by atoms with Crippen molar-refractivity contribution in [2.24, 2.45) is 0 Å². The van der Waals surface area contributed by atoms with Gasteiger partial charge in [0.1, 0.15) is 5.75 Å². The number of hydrogen-bond donors (Lipinski definition) is 3. The van der Waals surface area contributed by atoms with E-state index in [0.29, 0.717) is 32.6 Å². The molecule has 0 aliphatic carbocycles. The molecule has 6 nitrogen and oxygen atoms in total. The third-order valence-corrected chi connectivity index (χ3v) is 5.93. The summed E-state index contributed by atoms with van der Waals surface area (Å²) in [6.45, 7) is 0. The van der Waals surface area contributed by atoms with Gasteiger partial charge >= 0.3 is 0 Å². The predicted octanol–water partition coefficient (Wildman–Crippen LogP) is 5.39. The van der Waals surface area contributed by atoms with Gasteiger partial charge in [-0.1, -0.05) is 17.7 Å². The van der Waals surface area contributed by atoms with Crippen LogP contribution in [0.3, 0.4) is 0 Å². The molecular formula is C20H15ClIN3O3S2. The van der Waals surface area contributed by atoms with Crippen LogP contribution in [0.25, 0.3) is 0 Å². The molecule has 0 fully saturated rings. The number of hydrogen-bond acceptors (Lipinski definition) is 5. The Kier molecular flexibility index (Phi) is 7.64. The first-order valence-corrected chi connectivity index (χ1v) is 11.2. The molecule has 154 valence electrons. The van der Waals surface area contributed by atoms with Gasteiger partial charge in [0.2, 0.25) is 0 Å². The van der Waals surface area contributed by atoms with Gasteiger partial charge in [-0.3, -0.25) is 14.9 Å². The van der Waals surface area contributed by atoms with Gasteiger partial charge in [0.15, 0.2) is 5.11 Å². The SMILES string of the molecule is COc1cc(NC(=S)NC(=O)c2cc(I)ccc2Cl)ccc1NC(=O)c1cccs1.